The highest BCUT2D eigenvalue weighted by atomic mass is 16.5. The molecule has 3 atom stereocenters. The summed E-state index contributed by atoms with van der Waals surface area (Å²) in [6, 6.07) is 20.4. The Hall–Kier alpha value is -5.39. The number of aromatic nitrogens is 3. The fourth-order valence-electron chi connectivity index (χ4n) is 6.61. The predicted molar refractivity (Wildman–Crippen MR) is 211 cm³/mol. The van der Waals surface area contributed by atoms with Gasteiger partial charge in [0.05, 0.1) is 18.0 Å². The first kappa shape index (κ1) is 38.3. The highest BCUT2D eigenvalue weighted by Gasteiger charge is 2.57. The van der Waals surface area contributed by atoms with Crippen LogP contribution in [0.25, 0.3) is 0 Å². The van der Waals surface area contributed by atoms with Gasteiger partial charge in [-0.3, -0.25) is 4.79 Å². The van der Waals surface area contributed by atoms with Crippen LogP contribution in [0.3, 0.4) is 0 Å². The second kappa shape index (κ2) is 14.8. The Balaban J connectivity index is 1.24. The predicted octanol–water partition coefficient (Wildman–Crippen LogP) is 8.26. The standard InChI is InChI=1S/C42H53N7O5/c1-11-40(7,8)29-18-23-34(32(24-29)41(9,10)12-2)53-27(5)37(50)43-25-26(4)36-45-38-42(28(6)46-49(38)47-36)48(30-19-21-31(22-20-30)52-13-3)39(51)44-33-16-14-15-17-35(33)54-42/h14-24,26-27H,11-13,25H2,1-10H3,(H,43,50)(H,44,51). The molecule has 0 radical (unpaired) electrons. The lowest BCUT2D eigenvalue weighted by molar-refractivity contribution is -0.127. The van der Waals surface area contributed by atoms with Crippen LogP contribution in [0.5, 0.6) is 17.2 Å². The highest BCUT2D eigenvalue weighted by Crippen LogP contribution is 2.45. The van der Waals surface area contributed by atoms with E-state index in [-0.39, 0.29) is 29.2 Å². The molecule has 3 aromatic carbocycles. The number of nitrogens with one attached hydrogen (secondary N) is 2. The SMILES string of the molecule is CCOc1ccc(N2C(=O)Nc3ccccc3OC23C(C)=Nn2nc(C(C)CNC(=O)C(C)Oc4ccc(C(C)(C)CC)cc4C(C)(C)CC)nc23)cc1. The van der Waals surface area contributed by atoms with Gasteiger partial charge in [0.2, 0.25) is 5.82 Å². The van der Waals surface area contributed by atoms with Crippen molar-refractivity contribution in [1.29, 1.82) is 0 Å². The van der Waals surface area contributed by atoms with Crippen molar-refractivity contribution >= 4 is 29.0 Å². The Labute approximate surface area is 318 Å². The van der Waals surface area contributed by atoms with E-state index in [1.807, 2.05) is 32.0 Å². The number of urea groups is 1. The molecule has 0 saturated heterocycles. The summed E-state index contributed by atoms with van der Waals surface area (Å²) in [5.41, 5.74) is 2.18. The second-order valence-electron chi connectivity index (χ2n) is 15.4. The third-order valence-electron chi connectivity index (χ3n) is 10.9. The third kappa shape index (κ3) is 7.01. The number of rotatable bonds is 13. The van der Waals surface area contributed by atoms with E-state index in [0.717, 1.165) is 18.4 Å². The molecule has 12 nitrogen and oxygen atoms in total. The monoisotopic (exact) mass is 735 g/mol. The summed E-state index contributed by atoms with van der Waals surface area (Å²) in [4.78, 5) is 35.5. The van der Waals surface area contributed by atoms with Gasteiger partial charge in [0.15, 0.2) is 11.9 Å². The summed E-state index contributed by atoms with van der Waals surface area (Å²) in [6.45, 7) is 21.4. The van der Waals surface area contributed by atoms with Crippen molar-refractivity contribution in [3.63, 3.8) is 0 Å². The lowest BCUT2D eigenvalue weighted by atomic mass is 9.76. The average molecular weight is 736 g/mol. The molecule has 6 rings (SSSR count). The fourth-order valence-corrected chi connectivity index (χ4v) is 6.61. The Bertz CT molecular complexity index is 2050. The first-order valence-corrected chi connectivity index (χ1v) is 18.9. The van der Waals surface area contributed by atoms with E-state index in [9.17, 15) is 9.59 Å². The minimum absolute atomic E-state index is 0.0219. The molecule has 0 aliphatic carbocycles. The third-order valence-corrected chi connectivity index (χ3v) is 10.9. The summed E-state index contributed by atoms with van der Waals surface area (Å²) in [5.74, 6) is 2.02. The van der Waals surface area contributed by atoms with Crippen LogP contribution < -0.4 is 29.7 Å². The lowest BCUT2D eigenvalue weighted by Gasteiger charge is -2.37. The molecule has 0 fully saturated rings. The molecule has 3 amide bonds. The molecule has 1 aromatic heterocycles. The molecule has 3 unspecified atom stereocenters. The number of hydrogen-bond donors (Lipinski definition) is 2. The number of carbonyl (C=O) groups excluding carboxylic acids is 2. The maximum Gasteiger partial charge on any atom is 0.330 e. The molecule has 3 heterocycles. The summed E-state index contributed by atoms with van der Waals surface area (Å²) < 4.78 is 18.8. The van der Waals surface area contributed by atoms with Gasteiger partial charge in [0.1, 0.15) is 23.0 Å². The molecule has 1 spiro atoms. The number of para-hydroxylation sites is 2. The molecule has 12 heteroatoms. The van der Waals surface area contributed by atoms with Crippen molar-refractivity contribution < 1.29 is 23.8 Å². The largest absolute Gasteiger partial charge is 0.494 e. The number of amides is 3. The summed E-state index contributed by atoms with van der Waals surface area (Å²) in [6.07, 6.45) is 1.18. The van der Waals surface area contributed by atoms with Crippen LogP contribution in [-0.4, -0.2) is 51.8 Å². The van der Waals surface area contributed by atoms with E-state index >= 15 is 0 Å². The van der Waals surface area contributed by atoms with Crippen molar-refractivity contribution in [3.05, 3.63) is 89.5 Å². The van der Waals surface area contributed by atoms with Gasteiger partial charge in [-0.15, -0.1) is 9.89 Å². The van der Waals surface area contributed by atoms with Gasteiger partial charge in [0.25, 0.3) is 11.6 Å². The zero-order valence-electron chi connectivity index (χ0n) is 33.1. The van der Waals surface area contributed by atoms with Gasteiger partial charge in [-0.05, 0) is 92.5 Å². The number of ether oxygens (including phenoxy) is 3. The average Bonchev–Trinajstić information content (AvgIpc) is 3.64. The second-order valence-corrected chi connectivity index (χ2v) is 15.4. The number of fused-ring (bicyclic) bond motifs is 3. The lowest BCUT2D eigenvalue weighted by Crippen LogP contribution is -2.57. The van der Waals surface area contributed by atoms with Crippen molar-refractivity contribution in [2.24, 2.45) is 5.10 Å². The molecular formula is C42H53N7O5. The Morgan fingerprint density at radius 3 is 2.37 bits per heavy atom. The van der Waals surface area contributed by atoms with Crippen molar-refractivity contribution in [1.82, 2.24) is 20.2 Å². The highest BCUT2D eigenvalue weighted by molar-refractivity contribution is 6.11. The molecule has 2 N–H and O–H groups in total. The van der Waals surface area contributed by atoms with Gasteiger partial charge < -0.3 is 24.8 Å². The Kier molecular flexibility index (Phi) is 10.5. The smallest absolute Gasteiger partial charge is 0.330 e. The van der Waals surface area contributed by atoms with E-state index < -0.39 is 17.9 Å². The minimum Gasteiger partial charge on any atom is -0.494 e. The van der Waals surface area contributed by atoms with E-state index in [4.69, 9.17) is 29.4 Å². The molecule has 2 aliphatic heterocycles. The minimum atomic E-state index is -1.56. The quantitative estimate of drug-likeness (QED) is 0.141. The zero-order valence-corrected chi connectivity index (χ0v) is 33.1. The van der Waals surface area contributed by atoms with Crippen LogP contribution in [0, 0.1) is 0 Å². The molecule has 0 bridgehead atoms. The number of carbonyl (C=O) groups is 2. The first-order chi connectivity index (χ1) is 25.6. The summed E-state index contributed by atoms with van der Waals surface area (Å²) >= 11 is 0. The molecular weight excluding hydrogens is 683 g/mol. The van der Waals surface area contributed by atoms with Crippen molar-refractivity contribution in [2.75, 3.05) is 23.4 Å². The molecule has 0 saturated carbocycles. The van der Waals surface area contributed by atoms with Crippen LogP contribution in [0.1, 0.15) is 111 Å². The van der Waals surface area contributed by atoms with Crippen LogP contribution in [0.4, 0.5) is 16.2 Å². The number of hydrogen-bond acceptors (Lipinski definition) is 8. The maximum absolute atomic E-state index is 14.1. The van der Waals surface area contributed by atoms with Crippen molar-refractivity contribution in [2.45, 2.75) is 111 Å². The first-order valence-electron chi connectivity index (χ1n) is 18.9. The molecule has 4 aromatic rings. The van der Waals surface area contributed by atoms with Gasteiger partial charge in [0, 0.05) is 18.0 Å². The summed E-state index contributed by atoms with van der Waals surface area (Å²) in [7, 11) is 0. The van der Waals surface area contributed by atoms with Crippen LogP contribution in [0.15, 0.2) is 71.8 Å². The Morgan fingerprint density at radius 2 is 1.69 bits per heavy atom. The van der Waals surface area contributed by atoms with Gasteiger partial charge in [-0.1, -0.05) is 72.7 Å². The van der Waals surface area contributed by atoms with Crippen LogP contribution >= 0.6 is 0 Å². The van der Waals surface area contributed by atoms with Crippen LogP contribution in [0.2, 0.25) is 0 Å². The normalized spacial score (nSPS) is 17.8. The van der Waals surface area contributed by atoms with Crippen LogP contribution in [-0.2, 0) is 21.3 Å². The number of benzene rings is 3. The van der Waals surface area contributed by atoms with E-state index in [0.29, 0.717) is 52.6 Å². The Morgan fingerprint density at radius 1 is 0.981 bits per heavy atom. The zero-order chi connectivity index (χ0) is 39.0. The summed E-state index contributed by atoms with van der Waals surface area (Å²) in [5, 5.41) is 15.5. The molecule has 286 valence electrons. The van der Waals surface area contributed by atoms with Gasteiger partial charge in [-0.25, -0.2) is 14.7 Å². The number of nitrogens with zero attached hydrogens (tertiary/aromatic N) is 5. The van der Waals surface area contributed by atoms with E-state index in [2.05, 4.69) is 64.3 Å². The van der Waals surface area contributed by atoms with Gasteiger partial charge >= 0.3 is 6.03 Å². The maximum atomic E-state index is 14.1. The molecule has 2 aliphatic rings. The van der Waals surface area contributed by atoms with Crippen molar-refractivity contribution in [3.8, 4) is 17.2 Å². The fraction of sp³-hybridized carbons (Fsp3) is 0.452. The molecule has 54 heavy (non-hydrogen) atoms. The number of anilines is 2. The topological polar surface area (TPSA) is 132 Å². The van der Waals surface area contributed by atoms with E-state index in [1.165, 1.54) is 15.3 Å². The van der Waals surface area contributed by atoms with E-state index in [1.54, 1.807) is 50.2 Å². The van der Waals surface area contributed by atoms with Gasteiger partial charge in [-0.2, -0.15) is 5.10 Å².